The second-order valence-electron chi connectivity index (χ2n) is 4.67. The zero-order valence-electron chi connectivity index (χ0n) is 10.3. The van der Waals surface area contributed by atoms with Crippen molar-refractivity contribution in [3.8, 4) is 11.4 Å². The van der Waals surface area contributed by atoms with Crippen molar-refractivity contribution in [3.05, 3.63) is 35.7 Å². The first-order chi connectivity index (χ1) is 9.24. The number of aromatic amines is 1. The fourth-order valence-corrected chi connectivity index (χ4v) is 2.31. The van der Waals surface area contributed by atoms with Gasteiger partial charge in [0, 0.05) is 6.07 Å². The maximum Gasteiger partial charge on any atom is 0.184 e. The van der Waals surface area contributed by atoms with Crippen LogP contribution in [0.5, 0.6) is 0 Å². The third kappa shape index (κ3) is 2.49. The Kier molecular flexibility index (Phi) is 3.25. The summed E-state index contributed by atoms with van der Waals surface area (Å²) in [5.74, 6) is -0.286. The number of hydrogen-bond acceptors (Lipinski definition) is 3. The van der Waals surface area contributed by atoms with Crippen LogP contribution in [-0.2, 0) is 0 Å². The molecule has 1 saturated heterocycles. The lowest BCUT2D eigenvalue weighted by atomic mass is 10.0. The Morgan fingerprint density at radius 1 is 1.21 bits per heavy atom. The van der Waals surface area contributed by atoms with Crippen molar-refractivity contribution in [3.63, 3.8) is 0 Å². The van der Waals surface area contributed by atoms with Gasteiger partial charge in [-0.2, -0.15) is 5.10 Å². The van der Waals surface area contributed by atoms with E-state index in [2.05, 4.69) is 20.5 Å². The summed E-state index contributed by atoms with van der Waals surface area (Å²) in [4.78, 5) is 4.30. The number of benzene rings is 1. The Labute approximate surface area is 109 Å². The summed E-state index contributed by atoms with van der Waals surface area (Å²) in [6.07, 6.45) is 3.28. The van der Waals surface area contributed by atoms with Crippen LogP contribution in [0, 0.1) is 11.6 Å². The predicted octanol–water partition coefficient (Wildman–Crippen LogP) is 2.56. The molecule has 2 aromatic rings. The zero-order valence-corrected chi connectivity index (χ0v) is 10.3. The van der Waals surface area contributed by atoms with Gasteiger partial charge in [-0.25, -0.2) is 13.8 Å². The van der Waals surface area contributed by atoms with Crippen molar-refractivity contribution >= 4 is 0 Å². The lowest BCUT2D eigenvalue weighted by molar-refractivity contribution is 0.398. The Balaban J connectivity index is 1.87. The molecule has 0 bridgehead atoms. The minimum absolute atomic E-state index is 0.138. The van der Waals surface area contributed by atoms with Crippen LogP contribution in [0.2, 0.25) is 0 Å². The fourth-order valence-electron chi connectivity index (χ4n) is 2.31. The van der Waals surface area contributed by atoms with Gasteiger partial charge in [-0.05, 0) is 31.5 Å². The molecule has 1 aromatic carbocycles. The van der Waals surface area contributed by atoms with Crippen molar-refractivity contribution in [2.75, 3.05) is 6.54 Å². The van der Waals surface area contributed by atoms with Gasteiger partial charge in [-0.1, -0.05) is 6.42 Å². The van der Waals surface area contributed by atoms with Gasteiger partial charge in [-0.3, -0.25) is 5.10 Å². The Morgan fingerprint density at radius 2 is 2.11 bits per heavy atom. The van der Waals surface area contributed by atoms with Gasteiger partial charge >= 0.3 is 0 Å². The van der Waals surface area contributed by atoms with E-state index in [1.54, 1.807) is 0 Å². The fraction of sp³-hybridized carbons (Fsp3) is 0.385. The number of halogens is 2. The van der Waals surface area contributed by atoms with Crippen LogP contribution >= 0.6 is 0 Å². The quantitative estimate of drug-likeness (QED) is 0.876. The van der Waals surface area contributed by atoms with Crippen LogP contribution in [0.25, 0.3) is 11.4 Å². The molecule has 2 heterocycles. The van der Waals surface area contributed by atoms with E-state index < -0.39 is 11.6 Å². The van der Waals surface area contributed by atoms with Crippen molar-refractivity contribution in [2.45, 2.75) is 25.3 Å². The van der Waals surface area contributed by atoms with Crippen LogP contribution < -0.4 is 5.32 Å². The molecule has 1 atom stereocenters. The van der Waals surface area contributed by atoms with Crippen LogP contribution in [0.1, 0.15) is 31.1 Å². The molecule has 1 fully saturated rings. The van der Waals surface area contributed by atoms with Gasteiger partial charge in [0.25, 0.3) is 0 Å². The maximum absolute atomic E-state index is 13.6. The lowest BCUT2D eigenvalue weighted by Crippen LogP contribution is -2.27. The number of rotatable bonds is 2. The highest BCUT2D eigenvalue weighted by Gasteiger charge is 2.19. The van der Waals surface area contributed by atoms with E-state index in [1.165, 1.54) is 12.1 Å². The normalized spacial score (nSPS) is 19.6. The first-order valence-electron chi connectivity index (χ1n) is 6.35. The van der Waals surface area contributed by atoms with Crippen LogP contribution in [0.15, 0.2) is 18.2 Å². The summed E-state index contributed by atoms with van der Waals surface area (Å²) in [7, 11) is 0. The summed E-state index contributed by atoms with van der Waals surface area (Å²) in [5.41, 5.74) is 0.208. The van der Waals surface area contributed by atoms with E-state index in [9.17, 15) is 8.78 Å². The molecule has 3 rings (SSSR count). The molecule has 0 spiro atoms. The highest BCUT2D eigenvalue weighted by molar-refractivity contribution is 5.55. The van der Waals surface area contributed by atoms with Crippen LogP contribution in [-0.4, -0.2) is 21.7 Å². The Morgan fingerprint density at radius 3 is 2.84 bits per heavy atom. The number of nitrogens with zero attached hydrogens (tertiary/aromatic N) is 2. The van der Waals surface area contributed by atoms with Gasteiger partial charge in [-0.15, -0.1) is 0 Å². The highest BCUT2D eigenvalue weighted by Crippen LogP contribution is 2.24. The Bertz CT molecular complexity index is 576. The highest BCUT2D eigenvalue weighted by atomic mass is 19.1. The van der Waals surface area contributed by atoms with E-state index >= 15 is 0 Å². The third-order valence-corrected chi connectivity index (χ3v) is 3.32. The Hall–Kier alpha value is -1.82. The largest absolute Gasteiger partial charge is 0.307 e. The number of aromatic nitrogens is 3. The number of nitrogens with one attached hydrogen (secondary N) is 2. The molecule has 0 aliphatic carbocycles. The average molecular weight is 264 g/mol. The molecule has 1 aliphatic heterocycles. The molecule has 0 saturated carbocycles. The van der Waals surface area contributed by atoms with Gasteiger partial charge < -0.3 is 5.32 Å². The topological polar surface area (TPSA) is 53.6 Å². The van der Waals surface area contributed by atoms with Crippen LogP contribution in [0.3, 0.4) is 0 Å². The average Bonchev–Trinajstić information content (AvgIpc) is 2.89. The SMILES string of the molecule is Fc1ccc(-c2n[nH]c(C3CCCCN3)n2)c(F)c1. The molecule has 0 radical (unpaired) electrons. The van der Waals surface area contributed by atoms with Gasteiger partial charge in [0.2, 0.25) is 0 Å². The van der Waals surface area contributed by atoms with E-state index in [4.69, 9.17) is 0 Å². The minimum atomic E-state index is -0.651. The molecule has 1 aliphatic rings. The standard InChI is InChI=1S/C13H14F2N4/c14-8-4-5-9(10(15)7-8)12-17-13(19-18-12)11-3-1-2-6-16-11/h4-5,7,11,16H,1-3,6H2,(H,17,18,19). The van der Waals surface area contributed by atoms with Crippen molar-refractivity contribution in [1.29, 1.82) is 0 Å². The molecular weight excluding hydrogens is 250 g/mol. The predicted molar refractivity (Wildman–Crippen MR) is 66.3 cm³/mol. The molecule has 0 amide bonds. The summed E-state index contributed by atoms with van der Waals surface area (Å²) in [5, 5.41) is 10.2. The second kappa shape index (κ2) is 5.05. The van der Waals surface area contributed by atoms with Crippen LogP contribution in [0.4, 0.5) is 8.78 Å². The summed E-state index contributed by atoms with van der Waals surface area (Å²) in [6.45, 7) is 0.950. The summed E-state index contributed by atoms with van der Waals surface area (Å²) >= 11 is 0. The van der Waals surface area contributed by atoms with Gasteiger partial charge in [0.15, 0.2) is 5.82 Å². The van der Waals surface area contributed by atoms with Gasteiger partial charge in [0.05, 0.1) is 11.6 Å². The molecule has 2 N–H and O–H groups in total. The molecule has 1 unspecified atom stereocenters. The molecule has 100 valence electrons. The molecule has 1 aromatic heterocycles. The first kappa shape index (κ1) is 12.2. The maximum atomic E-state index is 13.6. The molecular formula is C13H14F2N4. The smallest absolute Gasteiger partial charge is 0.184 e. The first-order valence-corrected chi connectivity index (χ1v) is 6.35. The van der Waals surface area contributed by atoms with Crippen molar-refractivity contribution < 1.29 is 8.78 Å². The van der Waals surface area contributed by atoms with E-state index in [-0.39, 0.29) is 17.4 Å². The summed E-state index contributed by atoms with van der Waals surface area (Å²) < 4.78 is 26.5. The number of piperidine rings is 1. The number of hydrogen-bond donors (Lipinski definition) is 2. The summed E-state index contributed by atoms with van der Waals surface area (Å²) in [6, 6.07) is 3.53. The molecule has 19 heavy (non-hydrogen) atoms. The van der Waals surface area contributed by atoms with E-state index in [1.807, 2.05) is 0 Å². The van der Waals surface area contributed by atoms with Crippen molar-refractivity contribution in [1.82, 2.24) is 20.5 Å². The minimum Gasteiger partial charge on any atom is -0.307 e. The van der Waals surface area contributed by atoms with E-state index in [0.717, 1.165) is 31.9 Å². The lowest BCUT2D eigenvalue weighted by Gasteiger charge is -2.20. The second-order valence-corrected chi connectivity index (χ2v) is 4.67. The van der Waals surface area contributed by atoms with E-state index in [0.29, 0.717) is 5.82 Å². The van der Waals surface area contributed by atoms with Gasteiger partial charge in [0.1, 0.15) is 17.5 Å². The molecule has 4 nitrogen and oxygen atoms in total. The number of H-pyrrole nitrogens is 1. The van der Waals surface area contributed by atoms with Crippen molar-refractivity contribution in [2.24, 2.45) is 0 Å². The molecule has 6 heteroatoms. The third-order valence-electron chi connectivity index (χ3n) is 3.32. The zero-order chi connectivity index (χ0) is 13.2. The monoisotopic (exact) mass is 264 g/mol.